The third kappa shape index (κ3) is 39.1. The van der Waals surface area contributed by atoms with Gasteiger partial charge in [-0.25, -0.2) is 0 Å². The van der Waals surface area contributed by atoms with Crippen LogP contribution in [0.25, 0.3) is 0 Å². The molecule has 0 spiro atoms. The molecule has 0 atom stereocenters. The maximum absolute atomic E-state index is 8.64. The van der Waals surface area contributed by atoms with Gasteiger partial charge in [0.15, 0.2) is 0 Å². The fraction of sp³-hybridized carbons (Fsp3) is 1.00. The smallest absolute Gasteiger partial charge is 0.0431 e. The minimum Gasteiger partial charge on any atom is -0.396 e. The quantitative estimate of drug-likeness (QED) is 0.114. The zero-order chi connectivity index (χ0) is 25.4. The standard InChI is InChI=1S/2C16H34O/c1-16(2)14-12-10-8-6-4-3-5-7-9-11-13-15-17;1-2-3-4-5-6-7-8-9-10-11-12-13-14-15-16-17/h16-17H,3-15H2,1-2H3;17H,2-16H2,1H3. The minimum absolute atomic E-state index is 0.371. The number of rotatable bonds is 27. The molecule has 2 N–H and O–H groups in total. The Morgan fingerprint density at radius 2 is 0.588 bits per heavy atom. The van der Waals surface area contributed by atoms with Crippen LogP contribution in [-0.2, 0) is 0 Å². The molecular formula is C32H68O2. The Morgan fingerprint density at radius 1 is 0.353 bits per heavy atom. The lowest BCUT2D eigenvalue weighted by Gasteiger charge is -2.04. The summed E-state index contributed by atoms with van der Waals surface area (Å²) >= 11 is 0. The van der Waals surface area contributed by atoms with E-state index in [2.05, 4.69) is 20.8 Å². The summed E-state index contributed by atoms with van der Waals surface area (Å²) in [5.41, 5.74) is 0. The topological polar surface area (TPSA) is 40.5 Å². The maximum atomic E-state index is 8.64. The van der Waals surface area contributed by atoms with E-state index < -0.39 is 0 Å². The second-order valence-corrected chi connectivity index (χ2v) is 11.1. The first kappa shape index (κ1) is 36.1. The van der Waals surface area contributed by atoms with Crippen LogP contribution in [0.4, 0.5) is 0 Å². The van der Waals surface area contributed by atoms with Gasteiger partial charge in [0, 0.05) is 13.2 Å². The van der Waals surface area contributed by atoms with Gasteiger partial charge in [-0.1, -0.05) is 175 Å². The summed E-state index contributed by atoms with van der Waals surface area (Å²) in [7, 11) is 0. The molecule has 2 heteroatoms. The highest BCUT2D eigenvalue weighted by atomic mass is 16.3. The van der Waals surface area contributed by atoms with Gasteiger partial charge in [-0.05, 0) is 18.8 Å². The zero-order valence-corrected chi connectivity index (χ0v) is 24.3. The lowest BCUT2D eigenvalue weighted by atomic mass is 10.0. The van der Waals surface area contributed by atoms with Gasteiger partial charge in [0.2, 0.25) is 0 Å². The second-order valence-electron chi connectivity index (χ2n) is 11.1. The SMILES string of the molecule is CC(C)CCCCCCCCCCCCCO.CCCCCCCCCCCCCCCCO. The lowest BCUT2D eigenvalue weighted by molar-refractivity contribution is 0.282. The second kappa shape index (κ2) is 35.1. The van der Waals surface area contributed by atoms with E-state index in [9.17, 15) is 0 Å². The Labute approximate surface area is 217 Å². The van der Waals surface area contributed by atoms with E-state index in [0.29, 0.717) is 13.2 Å². The zero-order valence-electron chi connectivity index (χ0n) is 24.3. The molecule has 2 nitrogen and oxygen atoms in total. The molecule has 0 fully saturated rings. The van der Waals surface area contributed by atoms with Crippen molar-refractivity contribution in [3.05, 3.63) is 0 Å². The van der Waals surface area contributed by atoms with Crippen molar-refractivity contribution < 1.29 is 10.2 Å². The highest BCUT2D eigenvalue weighted by Crippen LogP contribution is 2.14. The number of aliphatic hydroxyl groups excluding tert-OH is 2. The molecule has 0 aromatic rings. The summed E-state index contributed by atoms with van der Waals surface area (Å²) in [6.45, 7) is 7.66. The highest BCUT2D eigenvalue weighted by Gasteiger charge is 1.96. The van der Waals surface area contributed by atoms with Gasteiger partial charge in [0.1, 0.15) is 0 Å². The van der Waals surface area contributed by atoms with E-state index in [0.717, 1.165) is 18.8 Å². The predicted octanol–water partition coefficient (Wildman–Crippen LogP) is 10.8. The average Bonchev–Trinajstić information content (AvgIpc) is 2.83. The van der Waals surface area contributed by atoms with Gasteiger partial charge >= 0.3 is 0 Å². The van der Waals surface area contributed by atoms with Gasteiger partial charge in [0.05, 0.1) is 0 Å². The predicted molar refractivity (Wildman–Crippen MR) is 155 cm³/mol. The van der Waals surface area contributed by atoms with E-state index >= 15 is 0 Å². The molecular weight excluding hydrogens is 416 g/mol. The third-order valence-electron chi connectivity index (χ3n) is 6.95. The highest BCUT2D eigenvalue weighted by molar-refractivity contribution is 4.51. The maximum Gasteiger partial charge on any atom is 0.0431 e. The van der Waals surface area contributed by atoms with Crippen molar-refractivity contribution in [3.63, 3.8) is 0 Å². The number of unbranched alkanes of at least 4 members (excludes halogenated alkanes) is 23. The molecule has 0 aromatic heterocycles. The Kier molecular flexibility index (Phi) is 37.2. The van der Waals surface area contributed by atoms with Crippen molar-refractivity contribution in [1.82, 2.24) is 0 Å². The molecule has 208 valence electrons. The summed E-state index contributed by atoms with van der Waals surface area (Å²) < 4.78 is 0. The van der Waals surface area contributed by atoms with Crippen molar-refractivity contribution in [2.75, 3.05) is 13.2 Å². The van der Waals surface area contributed by atoms with Crippen LogP contribution in [0.1, 0.15) is 188 Å². The van der Waals surface area contributed by atoms with Crippen LogP contribution in [0.2, 0.25) is 0 Å². The number of hydrogen-bond acceptors (Lipinski definition) is 2. The van der Waals surface area contributed by atoms with E-state index in [4.69, 9.17) is 10.2 Å². The molecule has 0 aliphatic heterocycles. The molecule has 0 aliphatic carbocycles. The van der Waals surface area contributed by atoms with Crippen LogP contribution in [-0.4, -0.2) is 23.4 Å². The van der Waals surface area contributed by atoms with Gasteiger partial charge in [-0.15, -0.1) is 0 Å². The molecule has 0 aliphatic rings. The first-order chi connectivity index (χ1) is 16.7. The van der Waals surface area contributed by atoms with Gasteiger partial charge < -0.3 is 10.2 Å². The van der Waals surface area contributed by atoms with Crippen molar-refractivity contribution >= 4 is 0 Å². The normalized spacial score (nSPS) is 11.1. The van der Waals surface area contributed by atoms with Crippen LogP contribution in [0.5, 0.6) is 0 Å². The molecule has 0 heterocycles. The molecule has 34 heavy (non-hydrogen) atoms. The Balaban J connectivity index is 0. The average molecular weight is 485 g/mol. The molecule has 0 rings (SSSR count). The van der Waals surface area contributed by atoms with Crippen molar-refractivity contribution in [3.8, 4) is 0 Å². The van der Waals surface area contributed by atoms with E-state index in [1.165, 1.54) is 154 Å². The monoisotopic (exact) mass is 485 g/mol. The molecule has 0 saturated heterocycles. The van der Waals surface area contributed by atoms with Crippen LogP contribution < -0.4 is 0 Å². The minimum atomic E-state index is 0.371. The third-order valence-corrected chi connectivity index (χ3v) is 6.95. The van der Waals surface area contributed by atoms with Gasteiger partial charge in [0.25, 0.3) is 0 Å². The number of aliphatic hydroxyl groups is 2. The fourth-order valence-electron chi connectivity index (χ4n) is 4.56. The van der Waals surface area contributed by atoms with Crippen LogP contribution >= 0.6 is 0 Å². The Bertz CT molecular complexity index is 302. The molecule has 0 amide bonds. The lowest BCUT2D eigenvalue weighted by Crippen LogP contribution is -1.87. The fourth-order valence-corrected chi connectivity index (χ4v) is 4.56. The molecule has 0 radical (unpaired) electrons. The first-order valence-corrected chi connectivity index (χ1v) is 15.9. The van der Waals surface area contributed by atoms with Crippen LogP contribution in [0, 0.1) is 5.92 Å². The van der Waals surface area contributed by atoms with Crippen molar-refractivity contribution in [2.24, 2.45) is 5.92 Å². The molecule has 0 bridgehead atoms. The van der Waals surface area contributed by atoms with Crippen LogP contribution in [0.15, 0.2) is 0 Å². The van der Waals surface area contributed by atoms with Gasteiger partial charge in [-0.3, -0.25) is 0 Å². The summed E-state index contributed by atoms with van der Waals surface area (Å²) in [6, 6.07) is 0. The summed E-state index contributed by atoms with van der Waals surface area (Å²) in [6.07, 6.45) is 35.5. The van der Waals surface area contributed by atoms with E-state index in [-0.39, 0.29) is 0 Å². The largest absolute Gasteiger partial charge is 0.396 e. The molecule has 0 unspecified atom stereocenters. The van der Waals surface area contributed by atoms with E-state index in [1.54, 1.807) is 0 Å². The summed E-state index contributed by atoms with van der Waals surface area (Å²) in [5.74, 6) is 0.883. The number of hydrogen-bond donors (Lipinski definition) is 2. The van der Waals surface area contributed by atoms with Gasteiger partial charge in [-0.2, -0.15) is 0 Å². The van der Waals surface area contributed by atoms with Crippen molar-refractivity contribution in [2.45, 2.75) is 188 Å². The summed E-state index contributed by atoms with van der Waals surface area (Å²) in [4.78, 5) is 0. The molecule has 0 aromatic carbocycles. The molecule has 0 saturated carbocycles. The van der Waals surface area contributed by atoms with Crippen molar-refractivity contribution in [1.29, 1.82) is 0 Å². The summed E-state index contributed by atoms with van der Waals surface area (Å²) in [5, 5.41) is 17.3. The van der Waals surface area contributed by atoms with E-state index in [1.807, 2.05) is 0 Å². The first-order valence-electron chi connectivity index (χ1n) is 15.9. The Morgan fingerprint density at radius 3 is 0.824 bits per heavy atom. The van der Waals surface area contributed by atoms with Crippen LogP contribution in [0.3, 0.4) is 0 Å². The Hall–Kier alpha value is -0.0800.